The molecule has 0 radical (unpaired) electrons. The summed E-state index contributed by atoms with van der Waals surface area (Å²) in [5.41, 5.74) is 2.14. The highest BCUT2D eigenvalue weighted by Crippen LogP contribution is 2.04. The van der Waals surface area contributed by atoms with Crippen molar-refractivity contribution in [2.24, 2.45) is 0 Å². The van der Waals surface area contributed by atoms with E-state index in [9.17, 15) is 0 Å². The van der Waals surface area contributed by atoms with Gasteiger partial charge >= 0.3 is 0 Å². The average Bonchev–Trinajstić information content (AvgIpc) is 2.41. The summed E-state index contributed by atoms with van der Waals surface area (Å²) in [5, 5.41) is 4.30. The van der Waals surface area contributed by atoms with Gasteiger partial charge < -0.3 is 9.47 Å². The van der Waals surface area contributed by atoms with Gasteiger partial charge in [0.1, 0.15) is 0 Å². The van der Waals surface area contributed by atoms with E-state index >= 15 is 0 Å². The normalized spacial score (nSPS) is 11.2. The molecule has 0 spiro atoms. The zero-order chi connectivity index (χ0) is 9.84. The molecule has 0 atom stereocenters. The first-order chi connectivity index (χ1) is 6.17. The molecule has 4 heteroatoms. The molecule has 1 heterocycles. The predicted octanol–water partition coefficient (Wildman–Crippen LogP) is 1.12. The van der Waals surface area contributed by atoms with Crippen molar-refractivity contribution in [1.29, 1.82) is 0 Å². The van der Waals surface area contributed by atoms with E-state index < -0.39 is 0 Å². The van der Waals surface area contributed by atoms with Gasteiger partial charge in [-0.2, -0.15) is 5.10 Å². The van der Waals surface area contributed by atoms with Crippen molar-refractivity contribution in [1.82, 2.24) is 9.78 Å². The maximum atomic E-state index is 5.08. The van der Waals surface area contributed by atoms with Crippen LogP contribution in [0.2, 0.25) is 0 Å². The summed E-state index contributed by atoms with van der Waals surface area (Å²) in [5.74, 6) is 0. The van der Waals surface area contributed by atoms with E-state index in [1.165, 1.54) is 0 Å². The van der Waals surface area contributed by atoms with Gasteiger partial charge in [0.05, 0.1) is 12.2 Å². The molecule has 0 bridgehead atoms. The number of aromatic nitrogens is 2. The number of methoxy groups -OCH3 is 2. The minimum absolute atomic E-state index is 0.224. The Hall–Kier alpha value is -0.870. The number of nitrogens with zero attached hydrogens (tertiary/aromatic N) is 2. The molecule has 1 rings (SSSR count). The number of aryl methyl sites for hydroxylation is 2. The molecule has 0 aromatic carbocycles. The Morgan fingerprint density at radius 1 is 1.38 bits per heavy atom. The summed E-state index contributed by atoms with van der Waals surface area (Å²) in [6.07, 6.45) is -0.224. The summed E-state index contributed by atoms with van der Waals surface area (Å²) in [4.78, 5) is 0. The van der Waals surface area contributed by atoms with E-state index in [2.05, 4.69) is 5.10 Å². The first kappa shape index (κ1) is 10.2. The fraction of sp³-hybridized carbons (Fsp3) is 0.667. The van der Waals surface area contributed by atoms with Gasteiger partial charge in [-0.05, 0) is 19.9 Å². The average molecular weight is 184 g/mol. The molecule has 0 amide bonds. The van der Waals surface area contributed by atoms with E-state index in [0.29, 0.717) is 6.54 Å². The first-order valence-corrected chi connectivity index (χ1v) is 4.24. The molecular formula is C9H16N2O2. The summed E-state index contributed by atoms with van der Waals surface area (Å²) in [7, 11) is 3.25. The lowest BCUT2D eigenvalue weighted by Gasteiger charge is -2.13. The van der Waals surface area contributed by atoms with Crippen molar-refractivity contribution in [3.8, 4) is 0 Å². The Labute approximate surface area is 78.5 Å². The van der Waals surface area contributed by atoms with Crippen molar-refractivity contribution in [3.63, 3.8) is 0 Å². The van der Waals surface area contributed by atoms with E-state index in [1.807, 2.05) is 24.6 Å². The van der Waals surface area contributed by atoms with Crippen molar-refractivity contribution < 1.29 is 9.47 Å². The van der Waals surface area contributed by atoms with Crippen LogP contribution in [0.25, 0.3) is 0 Å². The van der Waals surface area contributed by atoms with Crippen LogP contribution in [-0.2, 0) is 16.0 Å². The molecule has 0 aliphatic carbocycles. The predicted molar refractivity (Wildman–Crippen MR) is 49.5 cm³/mol. The molecule has 1 aromatic heterocycles. The van der Waals surface area contributed by atoms with Gasteiger partial charge in [-0.3, -0.25) is 4.68 Å². The van der Waals surface area contributed by atoms with Crippen LogP contribution in [-0.4, -0.2) is 30.3 Å². The second kappa shape index (κ2) is 4.39. The molecule has 0 aliphatic heterocycles. The van der Waals surface area contributed by atoms with Gasteiger partial charge in [0, 0.05) is 19.9 Å². The minimum atomic E-state index is -0.224. The zero-order valence-corrected chi connectivity index (χ0v) is 8.57. The second-order valence-electron chi connectivity index (χ2n) is 3.01. The Bertz CT molecular complexity index is 267. The molecule has 74 valence electrons. The second-order valence-corrected chi connectivity index (χ2v) is 3.01. The fourth-order valence-electron chi connectivity index (χ4n) is 1.25. The smallest absolute Gasteiger partial charge is 0.176 e. The lowest BCUT2D eigenvalue weighted by Crippen LogP contribution is -2.21. The fourth-order valence-corrected chi connectivity index (χ4v) is 1.25. The molecule has 0 fully saturated rings. The van der Waals surface area contributed by atoms with Gasteiger partial charge in [0.2, 0.25) is 0 Å². The van der Waals surface area contributed by atoms with Crippen LogP contribution in [0.3, 0.4) is 0 Å². The van der Waals surface area contributed by atoms with Gasteiger partial charge in [-0.15, -0.1) is 0 Å². The van der Waals surface area contributed by atoms with Gasteiger partial charge in [0.15, 0.2) is 6.29 Å². The molecule has 0 saturated carbocycles. The Kier molecular flexibility index (Phi) is 3.45. The largest absolute Gasteiger partial charge is 0.354 e. The third-order valence-electron chi connectivity index (χ3n) is 1.95. The zero-order valence-electron chi connectivity index (χ0n) is 8.57. The summed E-state index contributed by atoms with van der Waals surface area (Å²) in [6, 6.07) is 2.03. The van der Waals surface area contributed by atoms with E-state index in [0.717, 1.165) is 11.4 Å². The minimum Gasteiger partial charge on any atom is -0.354 e. The first-order valence-electron chi connectivity index (χ1n) is 4.24. The van der Waals surface area contributed by atoms with Crippen LogP contribution in [0.15, 0.2) is 6.07 Å². The standard InChI is InChI=1S/C9H16N2O2/c1-7-5-8(2)11(10-7)6-9(12-3)13-4/h5,9H,6H2,1-4H3. The lowest BCUT2D eigenvalue weighted by atomic mass is 10.4. The van der Waals surface area contributed by atoms with Gasteiger partial charge in [0.25, 0.3) is 0 Å². The Morgan fingerprint density at radius 2 is 2.00 bits per heavy atom. The highest BCUT2D eigenvalue weighted by molar-refractivity contribution is 5.06. The highest BCUT2D eigenvalue weighted by Gasteiger charge is 2.08. The van der Waals surface area contributed by atoms with Gasteiger partial charge in [-0.25, -0.2) is 0 Å². The summed E-state index contributed by atoms with van der Waals surface area (Å²) in [6.45, 7) is 4.62. The van der Waals surface area contributed by atoms with E-state index in [-0.39, 0.29) is 6.29 Å². The molecule has 0 unspecified atom stereocenters. The molecule has 0 saturated heterocycles. The molecule has 4 nitrogen and oxygen atoms in total. The molecule has 0 N–H and O–H groups in total. The highest BCUT2D eigenvalue weighted by atomic mass is 16.7. The monoisotopic (exact) mass is 184 g/mol. The van der Waals surface area contributed by atoms with Crippen molar-refractivity contribution in [3.05, 3.63) is 17.5 Å². The number of rotatable bonds is 4. The topological polar surface area (TPSA) is 36.3 Å². The van der Waals surface area contributed by atoms with Crippen molar-refractivity contribution >= 4 is 0 Å². The third-order valence-corrected chi connectivity index (χ3v) is 1.95. The number of ether oxygens (including phenoxy) is 2. The van der Waals surface area contributed by atoms with Crippen molar-refractivity contribution in [2.45, 2.75) is 26.7 Å². The quantitative estimate of drug-likeness (QED) is 0.658. The van der Waals surface area contributed by atoms with Crippen LogP contribution >= 0.6 is 0 Å². The number of hydrogen-bond donors (Lipinski definition) is 0. The summed E-state index contributed by atoms with van der Waals surface area (Å²) < 4.78 is 12.1. The van der Waals surface area contributed by atoms with Crippen LogP contribution in [0.4, 0.5) is 0 Å². The van der Waals surface area contributed by atoms with Gasteiger partial charge in [-0.1, -0.05) is 0 Å². The van der Waals surface area contributed by atoms with Crippen LogP contribution in [0.1, 0.15) is 11.4 Å². The van der Waals surface area contributed by atoms with E-state index in [1.54, 1.807) is 14.2 Å². The molecule has 1 aromatic rings. The molecule has 0 aliphatic rings. The Balaban J connectivity index is 2.67. The van der Waals surface area contributed by atoms with Crippen LogP contribution in [0.5, 0.6) is 0 Å². The Morgan fingerprint density at radius 3 is 2.38 bits per heavy atom. The summed E-state index contributed by atoms with van der Waals surface area (Å²) >= 11 is 0. The maximum absolute atomic E-state index is 5.08. The van der Waals surface area contributed by atoms with Crippen LogP contribution in [0, 0.1) is 13.8 Å². The molecular weight excluding hydrogens is 168 g/mol. The number of hydrogen-bond acceptors (Lipinski definition) is 3. The third kappa shape index (κ3) is 2.54. The van der Waals surface area contributed by atoms with Crippen molar-refractivity contribution in [2.75, 3.05) is 14.2 Å². The maximum Gasteiger partial charge on any atom is 0.176 e. The van der Waals surface area contributed by atoms with Crippen LogP contribution < -0.4 is 0 Å². The SMILES string of the molecule is COC(Cn1nc(C)cc1C)OC. The molecule has 13 heavy (non-hydrogen) atoms. The lowest BCUT2D eigenvalue weighted by molar-refractivity contribution is -0.112. The van der Waals surface area contributed by atoms with E-state index in [4.69, 9.17) is 9.47 Å².